The highest BCUT2D eigenvalue weighted by molar-refractivity contribution is 5.39. The Morgan fingerprint density at radius 3 is 2.43 bits per heavy atom. The van der Waals surface area contributed by atoms with Crippen LogP contribution >= 0.6 is 0 Å². The van der Waals surface area contributed by atoms with Gasteiger partial charge in [0.2, 0.25) is 0 Å². The zero-order valence-corrected chi connectivity index (χ0v) is 11.8. The number of hydrogen-bond donors (Lipinski definition) is 1. The van der Waals surface area contributed by atoms with E-state index in [4.69, 9.17) is 4.74 Å². The molecule has 2 aromatic carbocycles. The molecule has 0 spiro atoms. The first-order chi connectivity index (χ1) is 9.97. The van der Waals surface area contributed by atoms with Crippen molar-refractivity contribution in [2.24, 2.45) is 0 Å². The summed E-state index contributed by atoms with van der Waals surface area (Å²) in [5.74, 6) is -2.51. The van der Waals surface area contributed by atoms with Crippen molar-refractivity contribution in [3.63, 3.8) is 0 Å². The van der Waals surface area contributed by atoms with Crippen LogP contribution in [0.15, 0.2) is 36.4 Å². The van der Waals surface area contributed by atoms with Gasteiger partial charge in [0.15, 0.2) is 23.2 Å². The maximum absolute atomic E-state index is 13.9. The number of ether oxygens (including phenoxy) is 1. The van der Waals surface area contributed by atoms with Crippen LogP contribution in [0.1, 0.15) is 19.4 Å². The largest absolute Gasteiger partial charge is 0.454 e. The highest BCUT2D eigenvalue weighted by Gasteiger charge is 2.12. The normalized spacial score (nSPS) is 11.0. The van der Waals surface area contributed by atoms with Gasteiger partial charge in [-0.3, -0.25) is 0 Å². The summed E-state index contributed by atoms with van der Waals surface area (Å²) >= 11 is 0. The molecule has 2 nitrogen and oxygen atoms in total. The Morgan fingerprint density at radius 1 is 1.00 bits per heavy atom. The molecule has 0 unspecified atom stereocenters. The minimum Gasteiger partial charge on any atom is -0.454 e. The zero-order chi connectivity index (χ0) is 15.4. The van der Waals surface area contributed by atoms with Crippen molar-refractivity contribution in [2.45, 2.75) is 26.4 Å². The third kappa shape index (κ3) is 3.98. The van der Waals surface area contributed by atoms with Gasteiger partial charge in [0.05, 0.1) is 0 Å². The summed E-state index contributed by atoms with van der Waals surface area (Å²) < 4.78 is 45.4. The van der Waals surface area contributed by atoms with Crippen molar-refractivity contribution in [3.05, 3.63) is 59.4 Å². The van der Waals surface area contributed by atoms with Gasteiger partial charge in [0.25, 0.3) is 0 Å². The molecule has 0 heterocycles. The molecule has 0 aromatic heterocycles. The van der Waals surface area contributed by atoms with E-state index in [1.807, 2.05) is 13.8 Å². The van der Waals surface area contributed by atoms with E-state index in [-0.39, 0.29) is 17.5 Å². The number of hydrogen-bond acceptors (Lipinski definition) is 2. The Morgan fingerprint density at radius 2 is 1.76 bits per heavy atom. The summed E-state index contributed by atoms with van der Waals surface area (Å²) in [4.78, 5) is 0. The molecule has 0 saturated carbocycles. The van der Waals surface area contributed by atoms with Gasteiger partial charge in [-0.2, -0.15) is 0 Å². The molecule has 0 aliphatic carbocycles. The molecule has 2 rings (SSSR count). The lowest BCUT2D eigenvalue weighted by molar-refractivity contribution is 0.423. The second-order valence-electron chi connectivity index (χ2n) is 4.94. The summed E-state index contributed by atoms with van der Waals surface area (Å²) in [7, 11) is 0. The van der Waals surface area contributed by atoms with E-state index >= 15 is 0 Å². The Hall–Kier alpha value is -2.01. The number of nitrogens with one attached hydrogen (secondary N) is 1. The van der Waals surface area contributed by atoms with Crippen LogP contribution in [0.25, 0.3) is 0 Å². The minimum atomic E-state index is -1.04. The minimum absolute atomic E-state index is 0.0108. The molecule has 5 heteroatoms. The maximum atomic E-state index is 13.9. The first-order valence-electron chi connectivity index (χ1n) is 6.61. The number of rotatable bonds is 5. The van der Waals surface area contributed by atoms with E-state index < -0.39 is 17.5 Å². The molecule has 2 aromatic rings. The number of para-hydroxylation sites is 1. The lowest BCUT2D eigenvalue weighted by Gasteiger charge is -2.14. The zero-order valence-electron chi connectivity index (χ0n) is 11.8. The fourth-order valence-corrected chi connectivity index (χ4v) is 1.78. The smallest absolute Gasteiger partial charge is 0.167 e. The van der Waals surface area contributed by atoms with Gasteiger partial charge < -0.3 is 10.1 Å². The van der Waals surface area contributed by atoms with Gasteiger partial charge in [-0.25, -0.2) is 13.2 Å². The fraction of sp³-hybridized carbons (Fsp3) is 0.250. The van der Waals surface area contributed by atoms with Crippen LogP contribution in [0.5, 0.6) is 11.5 Å². The van der Waals surface area contributed by atoms with Gasteiger partial charge in [-0.1, -0.05) is 26.0 Å². The third-order valence-corrected chi connectivity index (χ3v) is 2.86. The van der Waals surface area contributed by atoms with Crippen LogP contribution in [0.3, 0.4) is 0 Å². The Bertz CT molecular complexity index is 629. The van der Waals surface area contributed by atoms with Gasteiger partial charge in [-0.05, 0) is 18.2 Å². The topological polar surface area (TPSA) is 21.3 Å². The summed E-state index contributed by atoms with van der Waals surface area (Å²) in [5.41, 5.74) is 0.605. The first-order valence-corrected chi connectivity index (χ1v) is 6.61. The molecule has 112 valence electrons. The Balaban J connectivity index is 2.27. The quantitative estimate of drug-likeness (QED) is 0.883. The predicted molar refractivity (Wildman–Crippen MR) is 74.8 cm³/mol. The van der Waals surface area contributed by atoms with Crippen molar-refractivity contribution in [2.75, 3.05) is 0 Å². The van der Waals surface area contributed by atoms with Crippen LogP contribution in [-0.4, -0.2) is 6.04 Å². The third-order valence-electron chi connectivity index (χ3n) is 2.86. The van der Waals surface area contributed by atoms with Crippen molar-refractivity contribution < 1.29 is 17.9 Å². The average molecular weight is 295 g/mol. The van der Waals surface area contributed by atoms with E-state index in [9.17, 15) is 13.2 Å². The predicted octanol–water partition coefficient (Wildman–Crippen LogP) is 4.39. The SMILES string of the molecule is CC(C)NCc1cccc(F)c1Oc1ccc(F)c(F)c1. The monoisotopic (exact) mass is 295 g/mol. The van der Waals surface area contributed by atoms with Crippen LogP contribution in [0.2, 0.25) is 0 Å². The summed E-state index contributed by atoms with van der Waals surface area (Å²) in [5, 5.41) is 3.15. The van der Waals surface area contributed by atoms with Gasteiger partial charge in [-0.15, -0.1) is 0 Å². The molecule has 0 atom stereocenters. The Labute approximate surface area is 121 Å². The van der Waals surface area contributed by atoms with Crippen molar-refractivity contribution in [3.8, 4) is 11.5 Å². The standard InChI is InChI=1S/C16H16F3NO/c1-10(2)20-9-11-4-3-5-14(18)16(11)21-12-6-7-13(17)15(19)8-12/h3-8,10,20H,9H2,1-2H3. The molecule has 0 radical (unpaired) electrons. The summed E-state index contributed by atoms with van der Waals surface area (Å²) in [6, 6.07) is 7.86. The van der Waals surface area contributed by atoms with E-state index in [0.717, 1.165) is 12.1 Å². The summed E-state index contributed by atoms with van der Waals surface area (Å²) in [6.07, 6.45) is 0. The fourth-order valence-electron chi connectivity index (χ4n) is 1.78. The first kappa shape index (κ1) is 15.4. The molecule has 21 heavy (non-hydrogen) atoms. The highest BCUT2D eigenvalue weighted by Crippen LogP contribution is 2.29. The molecule has 0 aliphatic heterocycles. The molecule has 1 N–H and O–H groups in total. The lowest BCUT2D eigenvalue weighted by Crippen LogP contribution is -2.22. The van der Waals surface area contributed by atoms with Gasteiger partial charge in [0, 0.05) is 24.2 Å². The van der Waals surface area contributed by atoms with Gasteiger partial charge >= 0.3 is 0 Å². The molecular weight excluding hydrogens is 279 g/mol. The molecule has 0 fully saturated rings. The van der Waals surface area contributed by atoms with Crippen LogP contribution in [0.4, 0.5) is 13.2 Å². The number of benzene rings is 2. The van der Waals surface area contributed by atoms with Crippen LogP contribution in [0, 0.1) is 17.5 Å². The lowest BCUT2D eigenvalue weighted by atomic mass is 10.2. The number of halogens is 3. The molecular formula is C16H16F3NO. The summed E-state index contributed by atoms with van der Waals surface area (Å²) in [6.45, 7) is 4.35. The van der Waals surface area contributed by atoms with Crippen LogP contribution < -0.4 is 10.1 Å². The molecule has 0 saturated heterocycles. The van der Waals surface area contributed by atoms with Crippen LogP contribution in [-0.2, 0) is 6.54 Å². The van der Waals surface area contributed by atoms with Crippen molar-refractivity contribution in [1.29, 1.82) is 0 Å². The second kappa shape index (κ2) is 6.63. The van der Waals surface area contributed by atoms with E-state index in [1.165, 1.54) is 12.1 Å². The van der Waals surface area contributed by atoms with E-state index in [2.05, 4.69) is 5.32 Å². The van der Waals surface area contributed by atoms with E-state index in [0.29, 0.717) is 12.1 Å². The molecule has 0 bridgehead atoms. The molecule has 0 aliphatic rings. The van der Waals surface area contributed by atoms with Crippen molar-refractivity contribution >= 4 is 0 Å². The highest BCUT2D eigenvalue weighted by atomic mass is 19.2. The Kier molecular flexibility index (Phi) is 4.85. The second-order valence-corrected chi connectivity index (χ2v) is 4.94. The molecule has 0 amide bonds. The van der Waals surface area contributed by atoms with E-state index in [1.54, 1.807) is 12.1 Å². The maximum Gasteiger partial charge on any atom is 0.167 e. The van der Waals surface area contributed by atoms with Gasteiger partial charge in [0.1, 0.15) is 5.75 Å². The van der Waals surface area contributed by atoms with Crippen molar-refractivity contribution in [1.82, 2.24) is 5.32 Å². The average Bonchev–Trinajstić information content (AvgIpc) is 2.43.